The van der Waals surface area contributed by atoms with Crippen LogP contribution in [0.4, 0.5) is 0 Å². The van der Waals surface area contributed by atoms with Crippen LogP contribution in [-0.4, -0.2) is 64.6 Å². The van der Waals surface area contributed by atoms with Crippen molar-refractivity contribution in [2.45, 2.75) is 0 Å². The second-order valence-electron chi connectivity index (χ2n) is 6.94. The van der Waals surface area contributed by atoms with Crippen LogP contribution in [0.3, 0.4) is 0 Å². The molecule has 35 heavy (non-hydrogen) atoms. The van der Waals surface area contributed by atoms with E-state index in [0.29, 0.717) is 22.6 Å². The molecule has 0 aromatic heterocycles. The Morgan fingerprint density at radius 1 is 0.543 bits per heavy atom. The molecule has 0 spiro atoms. The van der Waals surface area contributed by atoms with Crippen LogP contribution in [0.1, 0.15) is 11.1 Å². The van der Waals surface area contributed by atoms with E-state index in [1.54, 1.807) is 24.3 Å². The van der Waals surface area contributed by atoms with E-state index in [2.05, 4.69) is 0 Å². The van der Waals surface area contributed by atoms with Crippen molar-refractivity contribution < 1.29 is 45.3 Å². The van der Waals surface area contributed by atoms with Crippen LogP contribution in [0.15, 0.2) is 35.1 Å². The molecule has 0 bridgehead atoms. The smallest absolute Gasteiger partial charge is 0.186 e. The van der Waals surface area contributed by atoms with E-state index in [1.165, 1.54) is 54.8 Å². The minimum Gasteiger partial charge on any atom is -0.496 e. The van der Waals surface area contributed by atoms with Gasteiger partial charge in [0.15, 0.2) is 24.8 Å². The first-order valence-electron chi connectivity index (χ1n) is 9.94. The summed E-state index contributed by atoms with van der Waals surface area (Å²) in [4.78, 5) is 0. The molecule has 0 unspecified atom stereocenters. The molecule has 0 saturated carbocycles. The van der Waals surface area contributed by atoms with Gasteiger partial charge in [-0.1, -0.05) is 0 Å². The molecule has 0 saturated heterocycles. The third kappa shape index (κ3) is 7.30. The lowest BCUT2D eigenvalue weighted by Crippen LogP contribution is -2.12. The largest absolute Gasteiger partial charge is 0.496 e. The molecule has 10 nitrogen and oxygen atoms in total. The van der Waals surface area contributed by atoms with E-state index in [9.17, 15) is 16.8 Å². The van der Waals surface area contributed by atoms with Crippen LogP contribution in [0.25, 0.3) is 12.2 Å². The van der Waals surface area contributed by atoms with Gasteiger partial charge in [-0.15, -0.1) is 0 Å². The molecule has 12 heteroatoms. The SMILES string of the molecule is COc1cc(OC)c(C=CS(=O)(=O)CS(=O)(=O)C=Cc2c(OC)cc(OC)cc2OC)c(OC)c1. The van der Waals surface area contributed by atoms with Gasteiger partial charge < -0.3 is 28.4 Å². The van der Waals surface area contributed by atoms with Crippen molar-refractivity contribution in [3.63, 3.8) is 0 Å². The monoisotopic (exact) mass is 528 g/mol. The summed E-state index contributed by atoms with van der Waals surface area (Å²) < 4.78 is 81.9. The number of hydrogen-bond acceptors (Lipinski definition) is 10. The summed E-state index contributed by atoms with van der Waals surface area (Å²) in [5.74, 6) is 2.03. The van der Waals surface area contributed by atoms with Gasteiger partial charge in [0.25, 0.3) is 0 Å². The van der Waals surface area contributed by atoms with Crippen molar-refractivity contribution in [2.24, 2.45) is 0 Å². The van der Waals surface area contributed by atoms with Gasteiger partial charge in [0.05, 0.1) is 53.8 Å². The maximum Gasteiger partial charge on any atom is 0.186 e. The predicted octanol–water partition coefficient (Wildman–Crippen LogP) is 3.17. The molecule has 0 N–H and O–H groups in total. The summed E-state index contributed by atoms with van der Waals surface area (Å²) in [7, 11) is 0.135. The Hall–Kier alpha value is -3.38. The summed E-state index contributed by atoms with van der Waals surface area (Å²) in [5.41, 5.74) is 0.611. The van der Waals surface area contributed by atoms with E-state index < -0.39 is 24.8 Å². The van der Waals surface area contributed by atoms with Crippen LogP contribution in [0, 0.1) is 0 Å². The van der Waals surface area contributed by atoms with E-state index in [4.69, 9.17) is 28.4 Å². The Morgan fingerprint density at radius 2 is 0.829 bits per heavy atom. The standard InChI is InChI=1S/C23H28O10S2/c1-28-16-11-20(30-3)18(21(12-16)31-4)7-9-34(24,25)15-35(26,27)10-8-19-22(32-5)13-17(29-2)14-23(19)33-6/h7-14H,15H2,1-6H3. The first-order valence-corrected chi connectivity index (χ1v) is 13.4. The number of ether oxygens (including phenoxy) is 6. The molecule has 0 atom stereocenters. The van der Waals surface area contributed by atoms with Gasteiger partial charge in [0, 0.05) is 35.1 Å². The second kappa shape index (κ2) is 11.8. The molecule has 0 heterocycles. The molecular weight excluding hydrogens is 500 g/mol. The molecule has 2 rings (SSSR count). The van der Waals surface area contributed by atoms with E-state index in [1.807, 2.05) is 0 Å². The van der Waals surface area contributed by atoms with E-state index in [0.717, 1.165) is 10.8 Å². The molecule has 0 fully saturated rings. The summed E-state index contributed by atoms with van der Waals surface area (Å²) in [5, 5.41) is 0.425. The highest BCUT2D eigenvalue weighted by molar-refractivity contribution is 8.10. The Morgan fingerprint density at radius 3 is 1.06 bits per heavy atom. The first kappa shape index (κ1) is 27.9. The maximum absolute atomic E-state index is 12.6. The van der Waals surface area contributed by atoms with Gasteiger partial charge in [0.2, 0.25) is 0 Å². The zero-order chi connectivity index (χ0) is 26.2. The van der Waals surface area contributed by atoms with Crippen molar-refractivity contribution in [3.05, 3.63) is 46.2 Å². The number of hydrogen-bond donors (Lipinski definition) is 0. The molecule has 0 amide bonds. The number of rotatable bonds is 12. The Balaban J connectivity index is 2.36. The molecule has 0 aliphatic carbocycles. The summed E-state index contributed by atoms with van der Waals surface area (Å²) >= 11 is 0. The zero-order valence-electron chi connectivity index (χ0n) is 20.2. The topological polar surface area (TPSA) is 124 Å². The summed E-state index contributed by atoms with van der Waals surface area (Å²) in [6.07, 6.45) is 2.42. The average molecular weight is 529 g/mol. The van der Waals surface area contributed by atoms with Gasteiger partial charge >= 0.3 is 0 Å². The lowest BCUT2D eigenvalue weighted by Gasteiger charge is -2.12. The summed E-state index contributed by atoms with van der Waals surface area (Å²) in [6, 6.07) is 6.18. The fourth-order valence-electron chi connectivity index (χ4n) is 3.04. The van der Waals surface area contributed by atoms with Crippen molar-refractivity contribution in [3.8, 4) is 34.5 Å². The predicted molar refractivity (Wildman–Crippen MR) is 133 cm³/mol. The van der Waals surface area contributed by atoms with Crippen molar-refractivity contribution >= 4 is 31.8 Å². The first-order chi connectivity index (χ1) is 16.5. The van der Waals surface area contributed by atoms with Crippen LogP contribution in [0.5, 0.6) is 34.5 Å². The van der Waals surface area contributed by atoms with Gasteiger partial charge in [-0.2, -0.15) is 0 Å². The van der Waals surface area contributed by atoms with Crippen LogP contribution >= 0.6 is 0 Å². The Labute approximate surface area is 205 Å². The highest BCUT2D eigenvalue weighted by atomic mass is 32.3. The van der Waals surface area contributed by atoms with Gasteiger partial charge in [-0.3, -0.25) is 0 Å². The fraction of sp³-hybridized carbons (Fsp3) is 0.304. The molecule has 0 aliphatic rings. The summed E-state index contributed by atoms with van der Waals surface area (Å²) in [6.45, 7) is 0. The number of sulfone groups is 2. The normalized spacial score (nSPS) is 12.1. The average Bonchev–Trinajstić information content (AvgIpc) is 2.84. The minimum absolute atomic E-state index is 0.286. The third-order valence-electron chi connectivity index (χ3n) is 4.72. The van der Waals surface area contributed by atoms with Crippen molar-refractivity contribution in [2.75, 3.05) is 47.7 Å². The van der Waals surface area contributed by atoms with Crippen LogP contribution < -0.4 is 28.4 Å². The van der Waals surface area contributed by atoms with Crippen LogP contribution in [-0.2, 0) is 19.7 Å². The van der Waals surface area contributed by atoms with Crippen LogP contribution in [0.2, 0.25) is 0 Å². The highest BCUT2D eigenvalue weighted by Gasteiger charge is 2.20. The van der Waals surface area contributed by atoms with Gasteiger partial charge in [-0.25, -0.2) is 16.8 Å². The Bertz CT molecular complexity index is 1160. The number of benzene rings is 2. The molecule has 2 aromatic rings. The molecule has 2 aromatic carbocycles. The van der Waals surface area contributed by atoms with Gasteiger partial charge in [0.1, 0.15) is 34.5 Å². The minimum atomic E-state index is -4.19. The van der Waals surface area contributed by atoms with Gasteiger partial charge in [-0.05, 0) is 12.2 Å². The lowest BCUT2D eigenvalue weighted by molar-refractivity contribution is 0.374. The lowest BCUT2D eigenvalue weighted by atomic mass is 10.1. The quantitative estimate of drug-likeness (QED) is 0.406. The zero-order valence-corrected chi connectivity index (χ0v) is 21.9. The van der Waals surface area contributed by atoms with E-state index >= 15 is 0 Å². The van der Waals surface area contributed by atoms with Crippen molar-refractivity contribution in [1.29, 1.82) is 0 Å². The molecule has 0 radical (unpaired) electrons. The van der Waals surface area contributed by atoms with Crippen molar-refractivity contribution in [1.82, 2.24) is 0 Å². The fourth-order valence-corrected chi connectivity index (χ4v) is 6.19. The maximum atomic E-state index is 12.6. The third-order valence-corrected chi connectivity index (χ3v) is 8.45. The molecule has 0 aliphatic heterocycles. The molecular formula is C23H28O10S2. The second-order valence-corrected chi connectivity index (χ2v) is 11.1. The van der Waals surface area contributed by atoms with E-state index in [-0.39, 0.29) is 23.0 Å². The molecule has 192 valence electrons. The highest BCUT2D eigenvalue weighted by Crippen LogP contribution is 2.36. The number of methoxy groups -OCH3 is 6. The Kier molecular flexibility index (Phi) is 9.43.